The molecule has 0 spiro atoms. The number of sulfonamides is 1. The SMILES string of the molecule is CCC(C)NC(=O)C(C)N(Cc1ccccc1)C(=O)CN(c1ccc(F)cc1)S(=O)(=O)c1ccc2c(c1)OCCO2. The highest BCUT2D eigenvalue weighted by Gasteiger charge is 2.33. The lowest BCUT2D eigenvalue weighted by molar-refractivity contribution is -0.139. The van der Waals surface area contributed by atoms with Crippen LogP contribution in [0.5, 0.6) is 11.5 Å². The van der Waals surface area contributed by atoms with Gasteiger partial charge in [-0.3, -0.25) is 13.9 Å². The fourth-order valence-corrected chi connectivity index (χ4v) is 5.71. The summed E-state index contributed by atoms with van der Waals surface area (Å²) >= 11 is 0. The van der Waals surface area contributed by atoms with Crippen LogP contribution in [-0.2, 0) is 26.2 Å². The predicted molar refractivity (Wildman–Crippen MR) is 153 cm³/mol. The Morgan fingerprint density at radius 1 is 0.951 bits per heavy atom. The van der Waals surface area contributed by atoms with Crippen molar-refractivity contribution in [1.29, 1.82) is 0 Å². The number of carbonyl (C=O) groups is 2. The number of hydrogen-bond donors (Lipinski definition) is 1. The lowest BCUT2D eigenvalue weighted by Gasteiger charge is -2.32. The van der Waals surface area contributed by atoms with Gasteiger partial charge in [-0.2, -0.15) is 0 Å². The first kappa shape index (κ1) is 29.9. The molecule has 41 heavy (non-hydrogen) atoms. The zero-order valence-corrected chi connectivity index (χ0v) is 24.1. The van der Waals surface area contributed by atoms with Gasteiger partial charge in [0.2, 0.25) is 11.8 Å². The highest BCUT2D eigenvalue weighted by Crippen LogP contribution is 2.34. The van der Waals surface area contributed by atoms with E-state index in [9.17, 15) is 22.4 Å². The quantitative estimate of drug-likeness (QED) is 0.364. The molecule has 0 aliphatic carbocycles. The van der Waals surface area contributed by atoms with Crippen molar-refractivity contribution < 1.29 is 31.9 Å². The van der Waals surface area contributed by atoms with Crippen LogP contribution in [0.4, 0.5) is 10.1 Å². The van der Waals surface area contributed by atoms with Crippen LogP contribution < -0.4 is 19.1 Å². The number of rotatable bonds is 11. The average Bonchev–Trinajstić information content (AvgIpc) is 2.98. The zero-order chi connectivity index (χ0) is 29.6. The second-order valence-corrected chi connectivity index (χ2v) is 11.7. The Morgan fingerprint density at radius 3 is 2.27 bits per heavy atom. The molecule has 3 aromatic rings. The summed E-state index contributed by atoms with van der Waals surface area (Å²) in [6, 6.07) is 17.1. The van der Waals surface area contributed by atoms with Crippen LogP contribution in [0.2, 0.25) is 0 Å². The molecule has 1 N–H and O–H groups in total. The Bertz CT molecular complexity index is 1470. The number of nitrogens with zero attached hydrogens (tertiary/aromatic N) is 2. The van der Waals surface area contributed by atoms with E-state index < -0.39 is 34.3 Å². The third-order valence-electron chi connectivity index (χ3n) is 6.86. The summed E-state index contributed by atoms with van der Waals surface area (Å²) in [4.78, 5) is 28.2. The molecule has 0 fully saturated rings. The van der Waals surface area contributed by atoms with Gasteiger partial charge in [-0.1, -0.05) is 37.3 Å². The molecule has 2 atom stereocenters. The first-order chi connectivity index (χ1) is 19.6. The standard InChI is InChI=1S/C30H34FN3O6S/c1-4-21(2)32-30(36)22(3)33(19-23-8-6-5-7-9-23)29(35)20-34(25-12-10-24(31)11-13-25)41(37,38)26-14-15-27-28(18-26)40-17-16-39-27/h5-15,18,21-22H,4,16-17,19-20H2,1-3H3,(H,32,36). The van der Waals surface area contributed by atoms with Gasteiger partial charge in [0, 0.05) is 18.7 Å². The van der Waals surface area contributed by atoms with Crippen molar-refractivity contribution >= 4 is 27.5 Å². The molecule has 1 aliphatic heterocycles. The Hall–Kier alpha value is -4.12. The van der Waals surface area contributed by atoms with Crippen LogP contribution in [0.3, 0.4) is 0 Å². The molecule has 2 unspecified atom stereocenters. The molecule has 11 heteroatoms. The maximum absolute atomic E-state index is 14.0. The van der Waals surface area contributed by atoms with Crippen molar-refractivity contribution in [3.05, 3.63) is 84.2 Å². The van der Waals surface area contributed by atoms with Crippen LogP contribution in [0, 0.1) is 5.82 Å². The molecule has 218 valence electrons. The first-order valence-electron chi connectivity index (χ1n) is 13.4. The van der Waals surface area contributed by atoms with E-state index in [0.29, 0.717) is 18.8 Å². The number of ether oxygens (including phenoxy) is 2. The van der Waals surface area contributed by atoms with E-state index >= 15 is 0 Å². The molecular weight excluding hydrogens is 549 g/mol. The van der Waals surface area contributed by atoms with Gasteiger partial charge in [0.05, 0.1) is 10.6 Å². The minimum Gasteiger partial charge on any atom is -0.486 e. The summed E-state index contributed by atoms with van der Waals surface area (Å²) in [7, 11) is -4.34. The van der Waals surface area contributed by atoms with Gasteiger partial charge in [-0.05, 0) is 62.2 Å². The molecule has 0 bridgehead atoms. The van der Waals surface area contributed by atoms with Gasteiger partial charge in [0.25, 0.3) is 10.0 Å². The summed E-state index contributed by atoms with van der Waals surface area (Å²) in [5.41, 5.74) is 0.859. The van der Waals surface area contributed by atoms with Crippen LogP contribution >= 0.6 is 0 Å². The van der Waals surface area contributed by atoms with Gasteiger partial charge >= 0.3 is 0 Å². The van der Waals surface area contributed by atoms with Gasteiger partial charge in [-0.15, -0.1) is 0 Å². The molecule has 0 aromatic heterocycles. The minimum absolute atomic E-state index is 0.0795. The molecule has 1 aliphatic rings. The molecule has 1 heterocycles. The molecule has 4 rings (SSSR count). The van der Waals surface area contributed by atoms with Crippen molar-refractivity contribution in [2.24, 2.45) is 0 Å². The van der Waals surface area contributed by atoms with E-state index in [4.69, 9.17) is 9.47 Å². The highest BCUT2D eigenvalue weighted by atomic mass is 32.2. The third-order valence-corrected chi connectivity index (χ3v) is 8.63. The normalized spacial score (nSPS) is 14.0. The maximum atomic E-state index is 14.0. The van der Waals surface area contributed by atoms with Crippen molar-refractivity contribution in [3.63, 3.8) is 0 Å². The second kappa shape index (κ2) is 13.0. The maximum Gasteiger partial charge on any atom is 0.264 e. The average molecular weight is 584 g/mol. The zero-order valence-electron chi connectivity index (χ0n) is 23.2. The Kier molecular flexibility index (Phi) is 9.49. The van der Waals surface area contributed by atoms with Crippen LogP contribution in [-0.4, -0.2) is 57.0 Å². The monoisotopic (exact) mass is 583 g/mol. The van der Waals surface area contributed by atoms with Gasteiger partial charge in [0.15, 0.2) is 11.5 Å². The van der Waals surface area contributed by atoms with Crippen molar-refractivity contribution in [3.8, 4) is 11.5 Å². The van der Waals surface area contributed by atoms with Crippen molar-refractivity contribution in [1.82, 2.24) is 10.2 Å². The van der Waals surface area contributed by atoms with Crippen molar-refractivity contribution in [2.45, 2.75) is 50.7 Å². The van der Waals surface area contributed by atoms with E-state index in [0.717, 1.165) is 22.0 Å². The molecular formula is C30H34FN3O6S. The van der Waals surface area contributed by atoms with Crippen LogP contribution in [0.1, 0.15) is 32.8 Å². The number of fused-ring (bicyclic) bond motifs is 1. The number of anilines is 1. The Balaban J connectivity index is 1.70. The van der Waals surface area contributed by atoms with Gasteiger partial charge in [0.1, 0.15) is 31.6 Å². The lowest BCUT2D eigenvalue weighted by atomic mass is 10.1. The van der Waals surface area contributed by atoms with E-state index in [2.05, 4.69) is 5.32 Å². The van der Waals surface area contributed by atoms with E-state index in [-0.39, 0.29) is 41.4 Å². The highest BCUT2D eigenvalue weighted by molar-refractivity contribution is 7.92. The molecule has 2 amide bonds. The van der Waals surface area contributed by atoms with Gasteiger partial charge in [-0.25, -0.2) is 12.8 Å². The number of nitrogens with one attached hydrogen (secondary N) is 1. The minimum atomic E-state index is -4.34. The smallest absolute Gasteiger partial charge is 0.264 e. The number of carbonyl (C=O) groups excluding carboxylic acids is 2. The number of hydrogen-bond acceptors (Lipinski definition) is 6. The number of benzene rings is 3. The lowest BCUT2D eigenvalue weighted by Crippen LogP contribution is -2.52. The first-order valence-corrected chi connectivity index (χ1v) is 14.9. The molecule has 0 saturated carbocycles. The Morgan fingerprint density at radius 2 is 1.61 bits per heavy atom. The van der Waals surface area contributed by atoms with E-state index in [1.807, 2.05) is 44.2 Å². The van der Waals surface area contributed by atoms with Crippen LogP contribution in [0.15, 0.2) is 77.7 Å². The second-order valence-electron chi connectivity index (χ2n) is 9.79. The number of halogens is 1. The summed E-state index contributed by atoms with van der Waals surface area (Å²) in [5.74, 6) is -0.839. The van der Waals surface area contributed by atoms with E-state index in [1.165, 1.54) is 35.2 Å². The molecule has 0 radical (unpaired) electrons. The summed E-state index contributed by atoms with van der Waals surface area (Å²) in [6.07, 6.45) is 0.706. The molecule has 9 nitrogen and oxygen atoms in total. The van der Waals surface area contributed by atoms with Crippen LogP contribution in [0.25, 0.3) is 0 Å². The van der Waals surface area contributed by atoms with Crippen molar-refractivity contribution in [2.75, 3.05) is 24.1 Å². The summed E-state index contributed by atoms with van der Waals surface area (Å²) in [5, 5.41) is 2.89. The third kappa shape index (κ3) is 7.15. The molecule has 3 aromatic carbocycles. The van der Waals surface area contributed by atoms with Gasteiger partial charge < -0.3 is 19.7 Å². The molecule has 0 saturated heterocycles. The fraction of sp³-hybridized carbons (Fsp3) is 0.333. The topological polar surface area (TPSA) is 105 Å². The van der Waals surface area contributed by atoms with E-state index in [1.54, 1.807) is 6.92 Å². The summed E-state index contributed by atoms with van der Waals surface area (Å²) < 4.78 is 53.8. The fourth-order valence-electron chi connectivity index (χ4n) is 4.28. The summed E-state index contributed by atoms with van der Waals surface area (Å²) in [6.45, 7) is 5.47. The Labute approximate surface area is 239 Å². The number of amides is 2. The predicted octanol–water partition coefficient (Wildman–Crippen LogP) is 4.12. The largest absolute Gasteiger partial charge is 0.486 e.